The van der Waals surface area contributed by atoms with Crippen LogP contribution in [0.1, 0.15) is 31.2 Å². The Morgan fingerprint density at radius 1 is 1.14 bits per heavy atom. The van der Waals surface area contributed by atoms with Gasteiger partial charge in [-0.15, -0.1) is 0 Å². The molecule has 0 unspecified atom stereocenters. The SMILES string of the molecule is COc1cc(C=Nn2c(C(C)C)nc3ccc(Br)cc3c2=O)cc(Br)c1OC. The number of fused-ring (bicyclic) bond motifs is 1. The predicted octanol–water partition coefficient (Wildman–Crippen LogP) is 4.94. The van der Waals surface area contributed by atoms with Gasteiger partial charge in [0.15, 0.2) is 11.5 Å². The van der Waals surface area contributed by atoms with E-state index in [1.54, 1.807) is 32.6 Å². The second-order valence-electron chi connectivity index (χ2n) is 6.39. The highest BCUT2D eigenvalue weighted by Gasteiger charge is 2.14. The van der Waals surface area contributed by atoms with Crippen molar-refractivity contribution in [2.24, 2.45) is 5.10 Å². The number of halogens is 2. The number of methoxy groups -OCH3 is 2. The fourth-order valence-electron chi connectivity index (χ4n) is 2.79. The van der Waals surface area contributed by atoms with Gasteiger partial charge in [-0.2, -0.15) is 9.78 Å². The van der Waals surface area contributed by atoms with Crippen molar-refractivity contribution in [3.8, 4) is 11.5 Å². The van der Waals surface area contributed by atoms with Gasteiger partial charge in [0.2, 0.25) is 0 Å². The van der Waals surface area contributed by atoms with E-state index in [0.29, 0.717) is 28.2 Å². The molecule has 0 N–H and O–H groups in total. The summed E-state index contributed by atoms with van der Waals surface area (Å²) in [4.78, 5) is 17.7. The molecule has 6 nitrogen and oxygen atoms in total. The Morgan fingerprint density at radius 3 is 2.54 bits per heavy atom. The number of nitrogens with zero attached hydrogens (tertiary/aromatic N) is 3. The number of benzene rings is 2. The lowest BCUT2D eigenvalue weighted by atomic mass is 10.2. The lowest BCUT2D eigenvalue weighted by molar-refractivity contribution is 0.353. The second-order valence-corrected chi connectivity index (χ2v) is 8.16. The molecule has 0 atom stereocenters. The zero-order valence-corrected chi connectivity index (χ0v) is 19.0. The molecule has 0 saturated heterocycles. The Labute approximate surface area is 179 Å². The van der Waals surface area contributed by atoms with Gasteiger partial charge in [-0.05, 0) is 51.8 Å². The van der Waals surface area contributed by atoms with E-state index >= 15 is 0 Å². The van der Waals surface area contributed by atoms with Crippen molar-refractivity contribution in [1.29, 1.82) is 0 Å². The lowest BCUT2D eigenvalue weighted by Crippen LogP contribution is -2.23. The van der Waals surface area contributed by atoms with Crippen LogP contribution in [0.3, 0.4) is 0 Å². The number of ether oxygens (including phenoxy) is 2. The molecule has 1 heterocycles. The molecular weight excluding hydrogens is 490 g/mol. The zero-order valence-electron chi connectivity index (χ0n) is 15.9. The van der Waals surface area contributed by atoms with Crippen molar-refractivity contribution in [1.82, 2.24) is 9.66 Å². The molecule has 0 aliphatic rings. The largest absolute Gasteiger partial charge is 0.493 e. The van der Waals surface area contributed by atoms with Crippen molar-refractivity contribution >= 4 is 49.0 Å². The number of hydrogen-bond acceptors (Lipinski definition) is 5. The van der Waals surface area contributed by atoms with Crippen LogP contribution < -0.4 is 15.0 Å². The van der Waals surface area contributed by atoms with Crippen molar-refractivity contribution in [2.75, 3.05) is 14.2 Å². The first-order chi connectivity index (χ1) is 13.3. The summed E-state index contributed by atoms with van der Waals surface area (Å²) < 4.78 is 13.6. The van der Waals surface area contributed by atoms with E-state index in [1.807, 2.05) is 32.0 Å². The second kappa shape index (κ2) is 8.45. The third-order valence-corrected chi connectivity index (χ3v) is 5.21. The molecule has 0 aliphatic carbocycles. The summed E-state index contributed by atoms with van der Waals surface area (Å²) >= 11 is 6.87. The average Bonchev–Trinajstić information content (AvgIpc) is 2.66. The summed E-state index contributed by atoms with van der Waals surface area (Å²) in [6.45, 7) is 3.96. The van der Waals surface area contributed by atoms with Crippen LogP contribution in [-0.4, -0.2) is 30.1 Å². The van der Waals surface area contributed by atoms with Gasteiger partial charge in [-0.1, -0.05) is 29.8 Å². The lowest BCUT2D eigenvalue weighted by Gasteiger charge is -2.12. The summed E-state index contributed by atoms with van der Waals surface area (Å²) in [7, 11) is 3.14. The standard InChI is InChI=1S/C20H19Br2N3O3/c1-11(2)19-24-16-6-5-13(21)9-14(16)20(26)25(19)23-10-12-7-15(22)18(28-4)17(8-12)27-3/h5-11H,1-4H3. The van der Waals surface area contributed by atoms with Gasteiger partial charge in [0.05, 0.1) is 35.8 Å². The summed E-state index contributed by atoms with van der Waals surface area (Å²) in [5.74, 6) is 1.78. The fourth-order valence-corrected chi connectivity index (χ4v) is 3.77. The summed E-state index contributed by atoms with van der Waals surface area (Å²) in [5, 5.41) is 4.94. The molecule has 0 radical (unpaired) electrons. The van der Waals surface area contributed by atoms with Gasteiger partial charge < -0.3 is 9.47 Å². The Hall–Kier alpha value is -2.19. The van der Waals surface area contributed by atoms with Crippen molar-refractivity contribution in [3.63, 3.8) is 0 Å². The van der Waals surface area contributed by atoms with E-state index < -0.39 is 0 Å². The van der Waals surface area contributed by atoms with Crippen LogP contribution in [0.5, 0.6) is 11.5 Å². The molecule has 146 valence electrons. The van der Waals surface area contributed by atoms with Crippen molar-refractivity contribution in [2.45, 2.75) is 19.8 Å². The van der Waals surface area contributed by atoms with Crippen LogP contribution >= 0.6 is 31.9 Å². The van der Waals surface area contributed by atoms with E-state index in [9.17, 15) is 4.79 Å². The molecule has 3 aromatic rings. The first-order valence-electron chi connectivity index (χ1n) is 8.53. The number of rotatable bonds is 5. The topological polar surface area (TPSA) is 65.7 Å². The minimum atomic E-state index is -0.217. The molecule has 8 heteroatoms. The third-order valence-electron chi connectivity index (χ3n) is 4.13. The quantitative estimate of drug-likeness (QED) is 0.457. The van der Waals surface area contributed by atoms with E-state index in [1.165, 1.54) is 4.68 Å². The van der Waals surface area contributed by atoms with E-state index in [0.717, 1.165) is 14.5 Å². The van der Waals surface area contributed by atoms with Gasteiger partial charge >= 0.3 is 0 Å². The minimum absolute atomic E-state index is 0.0232. The molecule has 0 saturated carbocycles. The third kappa shape index (κ3) is 3.98. The molecule has 0 fully saturated rings. The Morgan fingerprint density at radius 2 is 1.89 bits per heavy atom. The Balaban J connectivity index is 2.16. The fraction of sp³-hybridized carbons (Fsp3) is 0.250. The van der Waals surface area contributed by atoms with Gasteiger partial charge in [0.1, 0.15) is 5.82 Å². The molecule has 3 rings (SSSR count). The maximum absolute atomic E-state index is 13.1. The summed E-state index contributed by atoms with van der Waals surface area (Å²) in [6.07, 6.45) is 1.60. The van der Waals surface area contributed by atoms with Crippen molar-refractivity contribution in [3.05, 3.63) is 61.0 Å². The predicted molar refractivity (Wildman–Crippen MR) is 118 cm³/mol. The summed E-state index contributed by atoms with van der Waals surface area (Å²) in [5.41, 5.74) is 1.18. The van der Waals surface area contributed by atoms with Gasteiger partial charge in [0, 0.05) is 10.4 Å². The molecule has 0 aliphatic heterocycles. The Kier molecular flexibility index (Phi) is 6.20. The van der Waals surface area contributed by atoms with Crippen LogP contribution in [0.4, 0.5) is 0 Å². The average molecular weight is 509 g/mol. The van der Waals surface area contributed by atoms with Crippen LogP contribution in [0, 0.1) is 0 Å². The molecule has 0 bridgehead atoms. The van der Waals surface area contributed by atoms with Crippen LogP contribution in [0.2, 0.25) is 0 Å². The highest BCUT2D eigenvalue weighted by atomic mass is 79.9. The van der Waals surface area contributed by atoms with E-state index in [2.05, 4.69) is 41.9 Å². The molecule has 0 spiro atoms. The molecule has 1 aromatic heterocycles. The van der Waals surface area contributed by atoms with Crippen molar-refractivity contribution < 1.29 is 9.47 Å². The molecule has 2 aromatic carbocycles. The Bertz CT molecular complexity index is 1120. The maximum Gasteiger partial charge on any atom is 0.282 e. The minimum Gasteiger partial charge on any atom is -0.493 e. The molecular formula is C20H19Br2N3O3. The van der Waals surface area contributed by atoms with Gasteiger partial charge in [-0.3, -0.25) is 4.79 Å². The van der Waals surface area contributed by atoms with Crippen LogP contribution in [-0.2, 0) is 0 Å². The maximum atomic E-state index is 13.1. The van der Waals surface area contributed by atoms with E-state index in [-0.39, 0.29) is 11.5 Å². The van der Waals surface area contributed by atoms with Gasteiger partial charge in [0.25, 0.3) is 5.56 Å². The van der Waals surface area contributed by atoms with Gasteiger partial charge in [-0.25, -0.2) is 4.98 Å². The smallest absolute Gasteiger partial charge is 0.282 e. The van der Waals surface area contributed by atoms with E-state index in [4.69, 9.17) is 9.47 Å². The number of aromatic nitrogens is 2. The van der Waals surface area contributed by atoms with Crippen LogP contribution in [0.25, 0.3) is 10.9 Å². The first kappa shape index (κ1) is 20.5. The zero-order chi connectivity index (χ0) is 20.4. The highest BCUT2D eigenvalue weighted by molar-refractivity contribution is 9.10. The first-order valence-corrected chi connectivity index (χ1v) is 10.1. The molecule has 0 amide bonds. The molecule has 28 heavy (non-hydrogen) atoms. The summed E-state index contributed by atoms with van der Waals surface area (Å²) in [6, 6.07) is 9.09. The highest BCUT2D eigenvalue weighted by Crippen LogP contribution is 2.35. The van der Waals surface area contributed by atoms with Crippen LogP contribution in [0.15, 0.2) is 49.2 Å². The monoisotopic (exact) mass is 507 g/mol. The normalized spacial score (nSPS) is 11.5. The number of hydrogen-bond donors (Lipinski definition) is 0.